The number of hydrogen-bond donors (Lipinski definition) is 0. The fourth-order valence-corrected chi connectivity index (χ4v) is 4.19. The Hall–Kier alpha value is -0.970. The highest BCUT2D eigenvalue weighted by atomic mass is 79.9. The molecular formula is C18H13Br2FS. The second-order valence-electron chi connectivity index (χ2n) is 5.14. The Bertz CT molecular complexity index is 806. The topological polar surface area (TPSA) is 0 Å². The van der Waals surface area contributed by atoms with Crippen LogP contribution >= 0.6 is 43.2 Å². The summed E-state index contributed by atoms with van der Waals surface area (Å²) in [5.41, 5.74) is 3.64. The van der Waals surface area contributed by atoms with Gasteiger partial charge in [0, 0.05) is 25.1 Å². The largest absolute Gasteiger partial charge is 0.207 e. The summed E-state index contributed by atoms with van der Waals surface area (Å²) in [6, 6.07) is 15.2. The monoisotopic (exact) mass is 438 g/mol. The molecule has 22 heavy (non-hydrogen) atoms. The van der Waals surface area contributed by atoms with E-state index in [1.807, 2.05) is 12.1 Å². The van der Waals surface area contributed by atoms with Gasteiger partial charge >= 0.3 is 0 Å². The van der Waals surface area contributed by atoms with Gasteiger partial charge in [-0.2, -0.15) is 0 Å². The summed E-state index contributed by atoms with van der Waals surface area (Å²) in [7, 11) is 0. The molecule has 0 saturated heterocycles. The maximum absolute atomic E-state index is 13.0. The van der Waals surface area contributed by atoms with Crippen molar-refractivity contribution in [2.45, 2.75) is 13.3 Å². The minimum atomic E-state index is -0.198. The Morgan fingerprint density at radius 2 is 1.64 bits per heavy atom. The predicted octanol–water partition coefficient (Wildman–Crippen LogP) is 6.98. The summed E-state index contributed by atoms with van der Waals surface area (Å²) in [6.45, 7) is 2.13. The van der Waals surface area contributed by atoms with Gasteiger partial charge in [0.1, 0.15) is 5.82 Å². The summed E-state index contributed by atoms with van der Waals surface area (Å²) in [5, 5.41) is 0. The van der Waals surface area contributed by atoms with Crippen LogP contribution in [0.15, 0.2) is 57.5 Å². The maximum Gasteiger partial charge on any atom is 0.123 e. The van der Waals surface area contributed by atoms with E-state index in [1.54, 1.807) is 11.3 Å². The van der Waals surface area contributed by atoms with Gasteiger partial charge in [0.2, 0.25) is 0 Å². The van der Waals surface area contributed by atoms with E-state index in [2.05, 4.69) is 63.0 Å². The quantitative estimate of drug-likeness (QED) is 0.413. The Balaban J connectivity index is 1.86. The van der Waals surface area contributed by atoms with Crippen LogP contribution in [-0.4, -0.2) is 0 Å². The van der Waals surface area contributed by atoms with E-state index in [0.717, 1.165) is 20.9 Å². The van der Waals surface area contributed by atoms with Crippen LogP contribution in [0.1, 0.15) is 16.0 Å². The summed E-state index contributed by atoms with van der Waals surface area (Å²) in [6.07, 6.45) is 0.906. The van der Waals surface area contributed by atoms with Gasteiger partial charge in [0.05, 0.1) is 0 Å². The van der Waals surface area contributed by atoms with Crippen LogP contribution in [0.5, 0.6) is 0 Å². The van der Waals surface area contributed by atoms with Crippen LogP contribution < -0.4 is 0 Å². The maximum atomic E-state index is 13.0. The number of aryl methyl sites for hydroxylation is 1. The summed E-state index contributed by atoms with van der Waals surface area (Å²) >= 11 is 8.85. The standard InChI is InChI=1S/C18H13Br2FS/c1-11-8-16(19)17(20)10-13(11)9-15-6-7-18(22-15)12-2-4-14(21)5-3-12/h2-8,10H,9H2,1H3. The minimum absolute atomic E-state index is 0.198. The van der Waals surface area contributed by atoms with Crippen molar-refractivity contribution in [2.75, 3.05) is 0 Å². The molecule has 4 heteroatoms. The summed E-state index contributed by atoms with van der Waals surface area (Å²) in [4.78, 5) is 2.47. The van der Waals surface area contributed by atoms with Crippen LogP contribution in [0.3, 0.4) is 0 Å². The third-order valence-electron chi connectivity index (χ3n) is 3.53. The van der Waals surface area contributed by atoms with Crippen molar-refractivity contribution in [3.63, 3.8) is 0 Å². The molecule has 0 nitrogen and oxygen atoms in total. The first-order valence-electron chi connectivity index (χ1n) is 6.82. The Morgan fingerprint density at radius 1 is 0.955 bits per heavy atom. The number of hydrogen-bond acceptors (Lipinski definition) is 1. The van der Waals surface area contributed by atoms with Gasteiger partial charge in [-0.15, -0.1) is 11.3 Å². The molecule has 0 amide bonds. The normalized spacial score (nSPS) is 10.9. The van der Waals surface area contributed by atoms with Crippen LogP contribution in [0.2, 0.25) is 0 Å². The first-order valence-corrected chi connectivity index (χ1v) is 9.22. The molecule has 3 aromatic rings. The van der Waals surface area contributed by atoms with Gasteiger partial charge < -0.3 is 0 Å². The molecule has 0 aliphatic heterocycles. The SMILES string of the molecule is Cc1cc(Br)c(Br)cc1Cc1ccc(-c2ccc(F)cc2)s1. The first kappa shape index (κ1) is 15.9. The van der Waals surface area contributed by atoms with Crippen molar-refractivity contribution in [3.05, 3.63) is 79.3 Å². The third kappa shape index (κ3) is 3.50. The molecule has 0 fully saturated rings. The van der Waals surface area contributed by atoms with Crippen LogP contribution in [0.25, 0.3) is 10.4 Å². The van der Waals surface area contributed by atoms with E-state index in [-0.39, 0.29) is 5.82 Å². The lowest BCUT2D eigenvalue weighted by Crippen LogP contribution is -1.90. The second-order valence-corrected chi connectivity index (χ2v) is 8.02. The van der Waals surface area contributed by atoms with Gasteiger partial charge in [0.15, 0.2) is 0 Å². The minimum Gasteiger partial charge on any atom is -0.207 e. The van der Waals surface area contributed by atoms with Crippen LogP contribution in [0, 0.1) is 12.7 Å². The van der Waals surface area contributed by atoms with Crippen LogP contribution in [-0.2, 0) is 6.42 Å². The van der Waals surface area contributed by atoms with E-state index >= 15 is 0 Å². The van der Waals surface area contributed by atoms with Crippen molar-refractivity contribution in [1.29, 1.82) is 0 Å². The fraction of sp³-hybridized carbons (Fsp3) is 0.111. The smallest absolute Gasteiger partial charge is 0.123 e. The highest BCUT2D eigenvalue weighted by Crippen LogP contribution is 2.32. The Morgan fingerprint density at radius 3 is 2.36 bits per heavy atom. The fourth-order valence-electron chi connectivity index (χ4n) is 2.31. The summed E-state index contributed by atoms with van der Waals surface area (Å²) < 4.78 is 15.2. The molecule has 0 aliphatic rings. The molecule has 0 spiro atoms. The van der Waals surface area contributed by atoms with Crippen molar-refractivity contribution >= 4 is 43.2 Å². The molecule has 0 unspecified atom stereocenters. The van der Waals surface area contributed by atoms with Gasteiger partial charge in [-0.05, 0) is 91.9 Å². The zero-order chi connectivity index (χ0) is 15.7. The average molecular weight is 440 g/mol. The number of thiophene rings is 1. The third-order valence-corrected chi connectivity index (χ3v) is 6.51. The molecule has 0 atom stereocenters. The van der Waals surface area contributed by atoms with Gasteiger partial charge in [-0.25, -0.2) is 4.39 Å². The zero-order valence-corrected chi connectivity index (χ0v) is 15.9. The van der Waals surface area contributed by atoms with Crippen molar-refractivity contribution in [2.24, 2.45) is 0 Å². The molecule has 3 rings (SSSR count). The highest BCUT2D eigenvalue weighted by Gasteiger charge is 2.08. The molecule has 0 N–H and O–H groups in total. The number of rotatable bonds is 3. The van der Waals surface area contributed by atoms with E-state index in [9.17, 15) is 4.39 Å². The van der Waals surface area contributed by atoms with Crippen molar-refractivity contribution in [1.82, 2.24) is 0 Å². The lowest BCUT2D eigenvalue weighted by molar-refractivity contribution is 0.628. The second kappa shape index (κ2) is 6.65. The summed E-state index contributed by atoms with van der Waals surface area (Å²) in [5.74, 6) is -0.198. The van der Waals surface area contributed by atoms with Gasteiger partial charge in [-0.3, -0.25) is 0 Å². The van der Waals surface area contributed by atoms with Gasteiger partial charge in [0.25, 0.3) is 0 Å². The molecular weight excluding hydrogens is 427 g/mol. The van der Waals surface area contributed by atoms with Crippen LogP contribution in [0.4, 0.5) is 4.39 Å². The predicted molar refractivity (Wildman–Crippen MR) is 99.1 cm³/mol. The lowest BCUT2D eigenvalue weighted by atomic mass is 10.1. The molecule has 0 bridgehead atoms. The molecule has 1 heterocycles. The van der Waals surface area contributed by atoms with E-state index in [4.69, 9.17) is 0 Å². The van der Waals surface area contributed by atoms with E-state index in [1.165, 1.54) is 33.0 Å². The van der Waals surface area contributed by atoms with E-state index < -0.39 is 0 Å². The highest BCUT2D eigenvalue weighted by molar-refractivity contribution is 9.13. The Kier molecular flexibility index (Phi) is 4.81. The van der Waals surface area contributed by atoms with Crippen molar-refractivity contribution < 1.29 is 4.39 Å². The molecule has 0 aliphatic carbocycles. The molecule has 0 saturated carbocycles. The Labute approximate surface area is 150 Å². The molecule has 0 radical (unpaired) electrons. The molecule has 2 aromatic carbocycles. The zero-order valence-electron chi connectivity index (χ0n) is 11.9. The van der Waals surface area contributed by atoms with E-state index in [0.29, 0.717) is 0 Å². The first-order chi connectivity index (χ1) is 10.5. The number of halogens is 3. The van der Waals surface area contributed by atoms with Crippen molar-refractivity contribution in [3.8, 4) is 10.4 Å². The lowest BCUT2D eigenvalue weighted by Gasteiger charge is -2.07. The number of benzene rings is 2. The average Bonchev–Trinajstić information content (AvgIpc) is 2.94. The molecule has 1 aromatic heterocycles. The molecule has 112 valence electrons. The van der Waals surface area contributed by atoms with Gasteiger partial charge in [-0.1, -0.05) is 12.1 Å².